The summed E-state index contributed by atoms with van der Waals surface area (Å²) in [6.45, 7) is 0. The van der Waals surface area contributed by atoms with Gasteiger partial charge in [0.2, 0.25) is 0 Å². The SMILES string of the molecule is N=C(N)c1ccncc1OC1CCCc2ccccc21. The maximum atomic E-state index is 7.61. The van der Waals surface area contributed by atoms with Crippen LogP contribution in [0.1, 0.15) is 35.6 Å². The summed E-state index contributed by atoms with van der Waals surface area (Å²) in [6, 6.07) is 10.1. The Kier molecular flexibility index (Phi) is 3.37. The largest absolute Gasteiger partial charge is 0.483 e. The van der Waals surface area contributed by atoms with Crippen molar-refractivity contribution in [3.8, 4) is 5.75 Å². The van der Waals surface area contributed by atoms with Gasteiger partial charge in [-0.1, -0.05) is 24.3 Å². The zero-order valence-electron chi connectivity index (χ0n) is 11.2. The number of aromatic nitrogens is 1. The van der Waals surface area contributed by atoms with Crippen LogP contribution in [0.25, 0.3) is 0 Å². The fraction of sp³-hybridized carbons (Fsp3) is 0.250. The number of nitrogens with zero attached hydrogens (tertiary/aromatic N) is 1. The summed E-state index contributed by atoms with van der Waals surface area (Å²) in [5.74, 6) is 0.591. The Balaban J connectivity index is 1.92. The van der Waals surface area contributed by atoms with Gasteiger partial charge in [0.1, 0.15) is 17.7 Å². The van der Waals surface area contributed by atoms with E-state index in [0.29, 0.717) is 11.3 Å². The number of benzene rings is 1. The Bertz CT molecular complexity index is 639. The normalized spacial score (nSPS) is 17.3. The molecule has 102 valence electrons. The van der Waals surface area contributed by atoms with Crippen LogP contribution in [-0.4, -0.2) is 10.8 Å². The second kappa shape index (κ2) is 5.33. The van der Waals surface area contributed by atoms with Crippen molar-refractivity contribution in [2.45, 2.75) is 25.4 Å². The number of fused-ring (bicyclic) bond motifs is 1. The van der Waals surface area contributed by atoms with Gasteiger partial charge in [0.25, 0.3) is 0 Å². The van der Waals surface area contributed by atoms with E-state index in [9.17, 15) is 0 Å². The number of amidine groups is 1. The molecule has 0 amide bonds. The van der Waals surface area contributed by atoms with Gasteiger partial charge >= 0.3 is 0 Å². The Morgan fingerprint density at radius 3 is 3.00 bits per heavy atom. The molecule has 0 bridgehead atoms. The van der Waals surface area contributed by atoms with Crippen molar-refractivity contribution in [2.75, 3.05) is 0 Å². The maximum absolute atomic E-state index is 7.61. The molecule has 0 spiro atoms. The van der Waals surface area contributed by atoms with Crippen molar-refractivity contribution < 1.29 is 4.74 Å². The Morgan fingerprint density at radius 2 is 2.15 bits per heavy atom. The highest BCUT2D eigenvalue weighted by atomic mass is 16.5. The topological polar surface area (TPSA) is 72.0 Å². The van der Waals surface area contributed by atoms with Crippen LogP contribution in [0.3, 0.4) is 0 Å². The highest BCUT2D eigenvalue weighted by Gasteiger charge is 2.22. The first kappa shape index (κ1) is 12.7. The van der Waals surface area contributed by atoms with Gasteiger partial charge < -0.3 is 10.5 Å². The summed E-state index contributed by atoms with van der Waals surface area (Å²) in [5.41, 5.74) is 8.77. The number of nitrogens with two attached hydrogens (primary N) is 1. The third-order valence-corrected chi connectivity index (χ3v) is 3.66. The van der Waals surface area contributed by atoms with E-state index in [2.05, 4.69) is 23.2 Å². The highest BCUT2D eigenvalue weighted by molar-refractivity contribution is 5.97. The van der Waals surface area contributed by atoms with Crippen molar-refractivity contribution >= 4 is 5.84 Å². The summed E-state index contributed by atoms with van der Waals surface area (Å²) in [4.78, 5) is 4.07. The first-order valence-electron chi connectivity index (χ1n) is 6.78. The van der Waals surface area contributed by atoms with Crippen LogP contribution in [0.15, 0.2) is 42.7 Å². The van der Waals surface area contributed by atoms with E-state index in [1.54, 1.807) is 18.5 Å². The number of hydrogen-bond acceptors (Lipinski definition) is 3. The monoisotopic (exact) mass is 267 g/mol. The van der Waals surface area contributed by atoms with Crippen LogP contribution in [-0.2, 0) is 6.42 Å². The van der Waals surface area contributed by atoms with Crippen LogP contribution in [0.5, 0.6) is 5.75 Å². The average Bonchev–Trinajstić information content (AvgIpc) is 2.48. The molecule has 1 aliphatic carbocycles. The molecule has 1 aromatic carbocycles. The molecule has 1 heterocycles. The summed E-state index contributed by atoms with van der Waals surface area (Å²) < 4.78 is 6.09. The molecular weight excluding hydrogens is 250 g/mol. The predicted molar refractivity (Wildman–Crippen MR) is 78.0 cm³/mol. The molecule has 0 saturated heterocycles. The molecule has 4 nitrogen and oxygen atoms in total. The number of rotatable bonds is 3. The molecule has 0 saturated carbocycles. The third kappa shape index (κ3) is 2.37. The fourth-order valence-corrected chi connectivity index (χ4v) is 2.68. The second-order valence-electron chi connectivity index (χ2n) is 4.98. The van der Waals surface area contributed by atoms with Crippen LogP contribution in [0, 0.1) is 5.41 Å². The van der Waals surface area contributed by atoms with E-state index in [1.165, 1.54) is 11.1 Å². The van der Waals surface area contributed by atoms with Crippen LogP contribution in [0.4, 0.5) is 0 Å². The smallest absolute Gasteiger partial charge is 0.149 e. The second-order valence-corrected chi connectivity index (χ2v) is 4.98. The number of ether oxygens (including phenoxy) is 1. The van der Waals surface area contributed by atoms with E-state index in [-0.39, 0.29) is 11.9 Å². The van der Waals surface area contributed by atoms with E-state index in [0.717, 1.165) is 19.3 Å². The Labute approximate surface area is 118 Å². The number of aryl methyl sites for hydroxylation is 1. The van der Waals surface area contributed by atoms with E-state index >= 15 is 0 Å². The fourth-order valence-electron chi connectivity index (χ4n) is 2.68. The zero-order chi connectivity index (χ0) is 13.9. The predicted octanol–water partition coefficient (Wildman–Crippen LogP) is 2.82. The van der Waals surface area contributed by atoms with Crippen LogP contribution < -0.4 is 10.5 Å². The average molecular weight is 267 g/mol. The number of nitrogen functional groups attached to an aromatic ring is 1. The van der Waals surface area contributed by atoms with Crippen LogP contribution in [0.2, 0.25) is 0 Å². The molecule has 1 aliphatic rings. The summed E-state index contributed by atoms with van der Waals surface area (Å²) in [5, 5.41) is 7.61. The lowest BCUT2D eigenvalue weighted by Crippen LogP contribution is -2.18. The van der Waals surface area contributed by atoms with Gasteiger partial charge in [-0.05, 0) is 36.5 Å². The maximum Gasteiger partial charge on any atom is 0.149 e. The molecule has 1 unspecified atom stereocenters. The van der Waals surface area contributed by atoms with Crippen molar-refractivity contribution in [2.24, 2.45) is 5.73 Å². The zero-order valence-corrected chi connectivity index (χ0v) is 11.2. The highest BCUT2D eigenvalue weighted by Crippen LogP contribution is 2.34. The quantitative estimate of drug-likeness (QED) is 0.663. The lowest BCUT2D eigenvalue weighted by atomic mass is 9.89. The Morgan fingerprint density at radius 1 is 1.30 bits per heavy atom. The Hall–Kier alpha value is -2.36. The molecule has 4 heteroatoms. The molecule has 0 fully saturated rings. The van der Waals surface area contributed by atoms with Gasteiger partial charge in [-0.15, -0.1) is 0 Å². The standard InChI is InChI=1S/C16H17N3O/c17-16(18)13-8-9-19-10-15(13)20-14-7-3-5-11-4-1-2-6-12(11)14/h1-2,4,6,8-10,14H,3,5,7H2,(H3,17,18). The number of hydrogen-bond donors (Lipinski definition) is 2. The lowest BCUT2D eigenvalue weighted by Gasteiger charge is -2.26. The van der Waals surface area contributed by atoms with Crippen molar-refractivity contribution in [1.82, 2.24) is 4.98 Å². The molecule has 3 N–H and O–H groups in total. The van der Waals surface area contributed by atoms with Gasteiger partial charge in [0.05, 0.1) is 11.8 Å². The number of nitrogens with one attached hydrogen (secondary N) is 1. The molecule has 1 aromatic heterocycles. The molecule has 3 rings (SSSR count). The minimum absolute atomic E-state index is 0.00601. The van der Waals surface area contributed by atoms with E-state index in [4.69, 9.17) is 15.9 Å². The van der Waals surface area contributed by atoms with Gasteiger partial charge in [0.15, 0.2) is 0 Å². The lowest BCUT2D eigenvalue weighted by molar-refractivity contribution is 0.182. The first-order chi connectivity index (χ1) is 9.75. The molecule has 20 heavy (non-hydrogen) atoms. The van der Waals surface area contributed by atoms with Crippen molar-refractivity contribution in [1.29, 1.82) is 5.41 Å². The summed E-state index contributed by atoms with van der Waals surface area (Å²) in [6.07, 6.45) is 6.46. The molecular formula is C16H17N3O. The van der Waals surface area contributed by atoms with Gasteiger partial charge in [-0.2, -0.15) is 0 Å². The van der Waals surface area contributed by atoms with E-state index < -0.39 is 0 Å². The van der Waals surface area contributed by atoms with Gasteiger partial charge in [-0.25, -0.2) is 0 Å². The number of pyridine rings is 1. The third-order valence-electron chi connectivity index (χ3n) is 3.66. The van der Waals surface area contributed by atoms with Crippen LogP contribution >= 0.6 is 0 Å². The molecule has 2 aromatic rings. The van der Waals surface area contributed by atoms with Gasteiger partial charge in [-0.3, -0.25) is 10.4 Å². The minimum atomic E-state index is 0.00601. The van der Waals surface area contributed by atoms with Gasteiger partial charge in [0, 0.05) is 6.20 Å². The van der Waals surface area contributed by atoms with Crippen molar-refractivity contribution in [3.05, 3.63) is 59.4 Å². The minimum Gasteiger partial charge on any atom is -0.483 e. The molecule has 0 radical (unpaired) electrons. The first-order valence-corrected chi connectivity index (χ1v) is 6.78. The summed E-state index contributed by atoms with van der Waals surface area (Å²) >= 11 is 0. The molecule has 1 atom stereocenters. The van der Waals surface area contributed by atoms with Crippen molar-refractivity contribution in [3.63, 3.8) is 0 Å². The summed E-state index contributed by atoms with van der Waals surface area (Å²) in [7, 11) is 0. The molecule has 0 aliphatic heterocycles. The van der Waals surface area contributed by atoms with E-state index in [1.807, 2.05) is 6.07 Å².